The van der Waals surface area contributed by atoms with Gasteiger partial charge in [0.15, 0.2) is 6.54 Å². The molecule has 2 aromatic carbocycles. The van der Waals surface area contributed by atoms with Crippen LogP contribution in [-0.4, -0.2) is 50.9 Å². The molecule has 0 aromatic heterocycles. The van der Waals surface area contributed by atoms with Crippen molar-refractivity contribution in [2.75, 3.05) is 49.9 Å². The number of amides is 1. The van der Waals surface area contributed by atoms with Gasteiger partial charge in [0, 0.05) is 23.7 Å². The first-order chi connectivity index (χ1) is 13.2. The Morgan fingerprint density at radius 3 is 2.48 bits per heavy atom. The fourth-order valence-electron chi connectivity index (χ4n) is 3.23. The first-order valence-corrected chi connectivity index (χ1v) is 10.6. The molecule has 0 spiro atoms. The number of nitrogens with one attached hydrogen (secondary N) is 2. The van der Waals surface area contributed by atoms with Crippen LogP contribution in [0.25, 0.3) is 0 Å². The number of piperazine rings is 1. The van der Waals surface area contributed by atoms with Gasteiger partial charge in [0.2, 0.25) is 0 Å². The molecule has 144 valence electrons. The molecule has 1 fully saturated rings. The maximum absolute atomic E-state index is 13.0. The van der Waals surface area contributed by atoms with E-state index in [1.165, 1.54) is 22.6 Å². The van der Waals surface area contributed by atoms with Crippen LogP contribution in [0.1, 0.15) is 5.56 Å². The van der Waals surface area contributed by atoms with Crippen LogP contribution in [0.4, 0.5) is 10.1 Å². The summed E-state index contributed by atoms with van der Waals surface area (Å²) in [6.45, 7) is 4.87. The summed E-state index contributed by atoms with van der Waals surface area (Å²) in [6.07, 6.45) is 0. The molecule has 3 rings (SSSR count). The molecule has 1 amide bonds. The van der Waals surface area contributed by atoms with Crippen molar-refractivity contribution < 1.29 is 14.1 Å². The number of rotatable bonds is 8. The Bertz CT molecular complexity index is 703. The standard InChI is InChI=1S/C21H26FN3OS/c22-19-6-8-20(9-7-19)25-13-11-24(12-14-25)16-21(26)23-10-15-27-17-18-4-2-1-3-5-18/h1-9H,10-17H2,(H,23,26)/p+1. The number of quaternary nitrogens is 1. The Morgan fingerprint density at radius 2 is 1.78 bits per heavy atom. The molecule has 0 radical (unpaired) electrons. The molecule has 1 saturated heterocycles. The number of thioether (sulfide) groups is 1. The van der Waals surface area contributed by atoms with Crippen LogP contribution in [-0.2, 0) is 10.5 Å². The third-order valence-electron chi connectivity index (χ3n) is 4.75. The van der Waals surface area contributed by atoms with Gasteiger partial charge in [-0.3, -0.25) is 4.79 Å². The molecule has 0 aliphatic carbocycles. The zero-order chi connectivity index (χ0) is 18.9. The van der Waals surface area contributed by atoms with E-state index in [4.69, 9.17) is 0 Å². The Morgan fingerprint density at radius 1 is 1.07 bits per heavy atom. The molecule has 2 N–H and O–H groups in total. The summed E-state index contributed by atoms with van der Waals surface area (Å²) in [7, 11) is 0. The van der Waals surface area contributed by atoms with Crippen LogP contribution in [0, 0.1) is 5.82 Å². The number of carbonyl (C=O) groups is 1. The van der Waals surface area contributed by atoms with Crippen LogP contribution in [0.3, 0.4) is 0 Å². The molecule has 1 aliphatic heterocycles. The highest BCUT2D eigenvalue weighted by atomic mass is 32.2. The first-order valence-electron chi connectivity index (χ1n) is 9.43. The van der Waals surface area contributed by atoms with Gasteiger partial charge < -0.3 is 15.1 Å². The molecular formula is C21H27FN3OS+. The minimum absolute atomic E-state index is 0.126. The Labute approximate surface area is 164 Å². The topological polar surface area (TPSA) is 36.8 Å². The van der Waals surface area contributed by atoms with Crippen molar-refractivity contribution in [3.8, 4) is 0 Å². The van der Waals surface area contributed by atoms with E-state index in [0.717, 1.165) is 43.4 Å². The van der Waals surface area contributed by atoms with Crippen molar-refractivity contribution >= 4 is 23.4 Å². The van der Waals surface area contributed by atoms with E-state index in [-0.39, 0.29) is 11.7 Å². The number of hydrogen-bond donors (Lipinski definition) is 2. The minimum Gasteiger partial charge on any atom is -0.360 e. The highest BCUT2D eigenvalue weighted by Crippen LogP contribution is 2.14. The second-order valence-electron chi connectivity index (χ2n) is 6.78. The molecule has 2 aromatic rings. The van der Waals surface area contributed by atoms with Gasteiger partial charge in [-0.05, 0) is 29.8 Å². The summed E-state index contributed by atoms with van der Waals surface area (Å²) < 4.78 is 13.0. The lowest BCUT2D eigenvalue weighted by atomic mass is 10.2. The molecule has 0 bridgehead atoms. The second kappa shape index (κ2) is 10.3. The predicted molar refractivity (Wildman–Crippen MR) is 110 cm³/mol. The highest BCUT2D eigenvalue weighted by molar-refractivity contribution is 7.98. The predicted octanol–water partition coefficient (Wildman–Crippen LogP) is 1.58. The van der Waals surface area contributed by atoms with Crippen molar-refractivity contribution in [1.29, 1.82) is 0 Å². The average molecular weight is 389 g/mol. The number of nitrogens with zero attached hydrogens (tertiary/aromatic N) is 1. The highest BCUT2D eigenvalue weighted by Gasteiger charge is 2.22. The van der Waals surface area contributed by atoms with Gasteiger partial charge in [-0.25, -0.2) is 4.39 Å². The molecule has 1 aliphatic rings. The maximum Gasteiger partial charge on any atom is 0.275 e. The molecule has 0 unspecified atom stereocenters. The van der Waals surface area contributed by atoms with Crippen molar-refractivity contribution in [2.24, 2.45) is 0 Å². The zero-order valence-electron chi connectivity index (χ0n) is 15.5. The van der Waals surface area contributed by atoms with Crippen LogP contribution < -0.4 is 15.1 Å². The quantitative estimate of drug-likeness (QED) is 0.675. The summed E-state index contributed by atoms with van der Waals surface area (Å²) in [5, 5.41) is 3.03. The number of hydrogen-bond acceptors (Lipinski definition) is 3. The van der Waals surface area contributed by atoms with Gasteiger partial charge in [-0.1, -0.05) is 30.3 Å². The third-order valence-corrected chi connectivity index (χ3v) is 5.78. The normalized spacial score (nSPS) is 14.9. The van der Waals surface area contributed by atoms with Gasteiger partial charge in [-0.15, -0.1) is 0 Å². The second-order valence-corrected chi connectivity index (χ2v) is 7.88. The van der Waals surface area contributed by atoms with Gasteiger partial charge in [0.1, 0.15) is 5.82 Å². The monoisotopic (exact) mass is 388 g/mol. The number of halogens is 1. The molecule has 27 heavy (non-hydrogen) atoms. The van der Waals surface area contributed by atoms with Crippen molar-refractivity contribution in [2.45, 2.75) is 5.75 Å². The Balaban J connectivity index is 1.28. The van der Waals surface area contributed by atoms with Crippen molar-refractivity contribution in [3.63, 3.8) is 0 Å². The van der Waals surface area contributed by atoms with E-state index >= 15 is 0 Å². The molecule has 0 saturated carbocycles. The molecule has 0 atom stereocenters. The largest absolute Gasteiger partial charge is 0.360 e. The summed E-state index contributed by atoms with van der Waals surface area (Å²) in [5.41, 5.74) is 2.37. The summed E-state index contributed by atoms with van der Waals surface area (Å²) in [4.78, 5) is 15.7. The minimum atomic E-state index is -0.207. The zero-order valence-corrected chi connectivity index (χ0v) is 16.3. The Hall–Kier alpha value is -2.05. The van der Waals surface area contributed by atoms with E-state index in [9.17, 15) is 9.18 Å². The third kappa shape index (κ3) is 6.56. The number of carbonyl (C=O) groups excluding carboxylic acids is 1. The molecule has 1 heterocycles. The number of anilines is 1. The van der Waals surface area contributed by atoms with E-state index in [0.29, 0.717) is 13.1 Å². The smallest absolute Gasteiger partial charge is 0.275 e. The maximum atomic E-state index is 13.0. The first kappa shape index (κ1) is 19.7. The van der Waals surface area contributed by atoms with E-state index in [1.807, 2.05) is 30.0 Å². The Kier molecular flexibility index (Phi) is 7.54. The van der Waals surface area contributed by atoms with Gasteiger partial charge in [0.25, 0.3) is 5.91 Å². The van der Waals surface area contributed by atoms with Crippen LogP contribution in [0.15, 0.2) is 54.6 Å². The number of benzene rings is 2. The summed E-state index contributed by atoms with van der Waals surface area (Å²) in [5.74, 6) is 1.82. The average Bonchev–Trinajstić information content (AvgIpc) is 2.70. The lowest BCUT2D eigenvalue weighted by Crippen LogP contribution is -3.16. The molecule has 6 heteroatoms. The van der Waals surface area contributed by atoms with Crippen molar-refractivity contribution in [3.05, 3.63) is 66.0 Å². The van der Waals surface area contributed by atoms with Gasteiger partial charge in [0.05, 0.1) is 26.2 Å². The summed E-state index contributed by atoms with van der Waals surface area (Å²) >= 11 is 1.84. The fraction of sp³-hybridized carbons (Fsp3) is 0.381. The van der Waals surface area contributed by atoms with Gasteiger partial charge in [-0.2, -0.15) is 11.8 Å². The summed E-state index contributed by atoms with van der Waals surface area (Å²) in [6, 6.07) is 17.0. The van der Waals surface area contributed by atoms with E-state index in [1.54, 1.807) is 0 Å². The lowest BCUT2D eigenvalue weighted by Gasteiger charge is -2.33. The van der Waals surface area contributed by atoms with E-state index in [2.05, 4.69) is 34.5 Å². The fourth-order valence-corrected chi connectivity index (χ4v) is 4.05. The van der Waals surface area contributed by atoms with Gasteiger partial charge >= 0.3 is 0 Å². The SMILES string of the molecule is O=C(C[NH+]1CCN(c2ccc(F)cc2)CC1)NCCSCc1ccccc1. The molecular weight excluding hydrogens is 361 g/mol. The lowest BCUT2D eigenvalue weighted by molar-refractivity contribution is -0.892. The van der Waals surface area contributed by atoms with Crippen molar-refractivity contribution in [1.82, 2.24) is 5.32 Å². The van der Waals surface area contributed by atoms with E-state index < -0.39 is 0 Å². The van der Waals surface area contributed by atoms with Crippen LogP contribution >= 0.6 is 11.8 Å². The van der Waals surface area contributed by atoms with Crippen LogP contribution in [0.5, 0.6) is 0 Å². The van der Waals surface area contributed by atoms with Crippen LogP contribution in [0.2, 0.25) is 0 Å². The molecule has 4 nitrogen and oxygen atoms in total.